The van der Waals surface area contributed by atoms with Gasteiger partial charge in [-0.3, -0.25) is 0 Å². The zero-order chi connectivity index (χ0) is 0. The molecule has 0 aliphatic carbocycles. The number of halogens is 2. The van der Waals surface area contributed by atoms with Gasteiger partial charge in [0.25, 0.3) is 0 Å². The molecule has 0 radical (unpaired) electrons. The summed E-state index contributed by atoms with van der Waals surface area (Å²) in [5.74, 6) is 0. The summed E-state index contributed by atoms with van der Waals surface area (Å²) in [5, 5.41) is 0. The van der Waals surface area contributed by atoms with Crippen molar-refractivity contribution in [3.63, 3.8) is 0 Å². The normalized spacial score (nSPS) is 0. The van der Waals surface area contributed by atoms with Gasteiger partial charge in [0.15, 0.2) is 0 Å². The minimum Gasteiger partial charge on any atom is -0.412 e. The molecule has 0 spiro atoms. The molecule has 0 aliphatic heterocycles. The van der Waals surface area contributed by atoms with Crippen LogP contribution in [0.4, 0.5) is 0 Å². The smallest absolute Gasteiger partial charge is 0 e. The summed E-state index contributed by atoms with van der Waals surface area (Å²) in [5.41, 5.74) is 0. The van der Waals surface area contributed by atoms with Crippen LogP contribution in [0.1, 0.15) is 0 Å². The SMILES string of the molecule is Cl.Cl.O.[Ru].[Zn]. The second kappa shape index (κ2) is 41.5. The Morgan fingerprint density at radius 2 is 0.800 bits per heavy atom. The Morgan fingerprint density at radius 3 is 0.800 bits per heavy atom. The quantitative estimate of drug-likeness (QED) is 0.548. The second-order valence-corrected chi connectivity index (χ2v) is 0. The van der Waals surface area contributed by atoms with E-state index in [1.54, 1.807) is 0 Å². The van der Waals surface area contributed by atoms with E-state index in [1.165, 1.54) is 0 Å². The van der Waals surface area contributed by atoms with Gasteiger partial charge in [0.05, 0.1) is 0 Å². The van der Waals surface area contributed by atoms with Crippen molar-refractivity contribution >= 4 is 24.8 Å². The maximum absolute atomic E-state index is 0. The molecule has 0 rings (SSSR count). The first-order chi connectivity index (χ1) is 0. The molecule has 0 aromatic heterocycles. The van der Waals surface area contributed by atoms with E-state index in [0.29, 0.717) is 0 Å². The monoisotopic (exact) mass is 256 g/mol. The molecule has 1 nitrogen and oxygen atoms in total. The molecule has 0 amide bonds. The van der Waals surface area contributed by atoms with Crippen LogP contribution in [0.5, 0.6) is 0 Å². The van der Waals surface area contributed by atoms with Gasteiger partial charge in [-0.05, 0) is 0 Å². The molecule has 0 bridgehead atoms. The molecule has 34 valence electrons. The molecule has 0 fully saturated rings. The van der Waals surface area contributed by atoms with E-state index in [4.69, 9.17) is 0 Å². The minimum absolute atomic E-state index is 0. The summed E-state index contributed by atoms with van der Waals surface area (Å²) in [6.45, 7) is 0. The van der Waals surface area contributed by atoms with Crippen molar-refractivity contribution in [1.29, 1.82) is 0 Å². The average molecular weight is 257 g/mol. The zero-order valence-corrected chi connectivity index (χ0v) is 8.72. The summed E-state index contributed by atoms with van der Waals surface area (Å²) in [4.78, 5) is 0. The first kappa shape index (κ1) is 71.2. The van der Waals surface area contributed by atoms with Crippen LogP contribution in [0, 0.1) is 0 Å². The molecule has 0 aromatic carbocycles. The van der Waals surface area contributed by atoms with Crippen LogP contribution in [-0.4, -0.2) is 5.48 Å². The zero-order valence-electron chi connectivity index (χ0n) is 2.38. The van der Waals surface area contributed by atoms with Crippen LogP contribution in [0.15, 0.2) is 0 Å². The van der Waals surface area contributed by atoms with Gasteiger partial charge < -0.3 is 5.48 Å². The summed E-state index contributed by atoms with van der Waals surface area (Å²) < 4.78 is 0. The van der Waals surface area contributed by atoms with Gasteiger partial charge in [-0.2, -0.15) is 0 Å². The van der Waals surface area contributed by atoms with Crippen LogP contribution >= 0.6 is 24.8 Å². The molecule has 0 heterocycles. The topological polar surface area (TPSA) is 31.5 Å². The Bertz CT molecular complexity index is 9.61. The average Bonchev–Trinajstić information content (AvgIpc) is 0. The molecule has 5 heavy (non-hydrogen) atoms. The predicted molar refractivity (Wildman–Crippen MR) is 18.1 cm³/mol. The summed E-state index contributed by atoms with van der Waals surface area (Å²) in [6.07, 6.45) is 0. The molecule has 0 atom stereocenters. The minimum atomic E-state index is 0. The van der Waals surface area contributed by atoms with Gasteiger partial charge in [0.2, 0.25) is 0 Å². The summed E-state index contributed by atoms with van der Waals surface area (Å²) in [6, 6.07) is 0. The van der Waals surface area contributed by atoms with Crippen molar-refractivity contribution in [3.05, 3.63) is 0 Å². The van der Waals surface area contributed by atoms with Crippen molar-refractivity contribution in [2.75, 3.05) is 0 Å². The van der Waals surface area contributed by atoms with Gasteiger partial charge in [-0.1, -0.05) is 0 Å². The fraction of sp³-hybridized carbons (Fsp3) is 0. The van der Waals surface area contributed by atoms with Gasteiger partial charge >= 0.3 is 0 Å². The Hall–Kier alpha value is 1.79. The first-order valence-corrected chi connectivity index (χ1v) is 0. The largest absolute Gasteiger partial charge is 0.412 e. The number of rotatable bonds is 0. The predicted octanol–water partition coefficient (Wildman–Crippen LogP) is 0.0139. The van der Waals surface area contributed by atoms with Gasteiger partial charge in [-0.25, -0.2) is 0 Å². The van der Waals surface area contributed by atoms with E-state index < -0.39 is 0 Å². The molecule has 2 N–H and O–H groups in total. The third-order valence-corrected chi connectivity index (χ3v) is 0. The van der Waals surface area contributed by atoms with Gasteiger partial charge in [0.1, 0.15) is 0 Å². The maximum atomic E-state index is 0. The van der Waals surface area contributed by atoms with Crippen LogP contribution in [-0.2, 0) is 39.0 Å². The van der Waals surface area contributed by atoms with Gasteiger partial charge in [0, 0.05) is 39.0 Å². The van der Waals surface area contributed by atoms with E-state index in [0.717, 1.165) is 0 Å². The molecule has 5 heteroatoms. The standard InChI is InChI=1S/2ClH.H2O.Ru.Zn/h2*1H;1H2;;. The van der Waals surface area contributed by atoms with Crippen LogP contribution in [0.2, 0.25) is 0 Å². The summed E-state index contributed by atoms with van der Waals surface area (Å²) >= 11 is 0. The molecule has 0 aliphatic rings. The fourth-order valence-corrected chi connectivity index (χ4v) is 0. The third kappa shape index (κ3) is 26.0. The Labute approximate surface area is 68.9 Å². The van der Waals surface area contributed by atoms with Crippen molar-refractivity contribution < 1.29 is 44.4 Å². The Kier molecular flexibility index (Phi) is 591. The van der Waals surface area contributed by atoms with Crippen LogP contribution in [0.3, 0.4) is 0 Å². The number of hydrogen-bond donors (Lipinski definition) is 0. The summed E-state index contributed by atoms with van der Waals surface area (Å²) in [7, 11) is 0. The van der Waals surface area contributed by atoms with E-state index >= 15 is 0 Å². The molecule has 0 saturated heterocycles. The van der Waals surface area contributed by atoms with E-state index in [9.17, 15) is 0 Å². The van der Waals surface area contributed by atoms with Crippen molar-refractivity contribution in [2.24, 2.45) is 0 Å². The molecular formula is H4Cl2ORuZn. The van der Waals surface area contributed by atoms with Crippen molar-refractivity contribution in [1.82, 2.24) is 0 Å². The third-order valence-electron chi connectivity index (χ3n) is 0. The Morgan fingerprint density at radius 1 is 0.800 bits per heavy atom. The van der Waals surface area contributed by atoms with E-state index in [2.05, 4.69) is 0 Å². The fourth-order valence-electron chi connectivity index (χ4n) is 0. The van der Waals surface area contributed by atoms with Crippen LogP contribution in [0.25, 0.3) is 0 Å². The van der Waals surface area contributed by atoms with E-state index in [1.807, 2.05) is 0 Å². The van der Waals surface area contributed by atoms with Gasteiger partial charge in [-0.15, -0.1) is 24.8 Å². The van der Waals surface area contributed by atoms with Crippen LogP contribution < -0.4 is 0 Å². The van der Waals surface area contributed by atoms with Crippen molar-refractivity contribution in [2.45, 2.75) is 0 Å². The number of hydrogen-bond acceptors (Lipinski definition) is 0. The second-order valence-electron chi connectivity index (χ2n) is 0. The first-order valence-electron chi connectivity index (χ1n) is 0. The van der Waals surface area contributed by atoms with Crippen molar-refractivity contribution in [3.8, 4) is 0 Å². The molecule has 0 unspecified atom stereocenters. The van der Waals surface area contributed by atoms with E-state index in [-0.39, 0.29) is 69.2 Å². The molecular weight excluding hydrogens is 253 g/mol. The molecule has 0 aromatic rings. The maximum Gasteiger partial charge on any atom is 0 e. The molecule has 0 saturated carbocycles. The Balaban J connectivity index is 0.